The van der Waals surface area contributed by atoms with Crippen molar-refractivity contribution in [1.29, 1.82) is 0 Å². The average molecular weight is 445 g/mol. The fourth-order valence-corrected chi connectivity index (χ4v) is 3.84. The molecule has 10 heteroatoms. The van der Waals surface area contributed by atoms with Gasteiger partial charge >= 0.3 is 0 Å². The number of hydrogen-bond donors (Lipinski definition) is 2. The first-order valence-corrected chi connectivity index (χ1v) is 11.1. The Morgan fingerprint density at radius 1 is 1.19 bits per heavy atom. The second-order valence-corrected chi connectivity index (χ2v) is 8.96. The summed E-state index contributed by atoms with van der Waals surface area (Å²) in [5.74, 6) is 0.335. The fourth-order valence-electron chi connectivity index (χ4n) is 2.84. The highest BCUT2D eigenvalue weighted by molar-refractivity contribution is 7.89. The molecule has 9 nitrogen and oxygen atoms in total. The Bertz CT molecular complexity index is 1190. The van der Waals surface area contributed by atoms with Crippen LogP contribution in [0.25, 0.3) is 11.4 Å². The van der Waals surface area contributed by atoms with Gasteiger partial charge in [0.05, 0.1) is 24.1 Å². The molecule has 1 heterocycles. The van der Waals surface area contributed by atoms with Crippen LogP contribution in [0.3, 0.4) is 0 Å². The summed E-state index contributed by atoms with van der Waals surface area (Å²) in [6.07, 6.45) is 0. The lowest BCUT2D eigenvalue weighted by molar-refractivity contribution is 0.0940. The van der Waals surface area contributed by atoms with Crippen LogP contribution in [-0.2, 0) is 16.6 Å². The van der Waals surface area contributed by atoms with Gasteiger partial charge in [0, 0.05) is 11.6 Å². The van der Waals surface area contributed by atoms with Crippen LogP contribution in [0.1, 0.15) is 35.7 Å². The summed E-state index contributed by atoms with van der Waals surface area (Å²) in [4.78, 5) is 16.6. The van der Waals surface area contributed by atoms with E-state index in [0.717, 1.165) is 11.1 Å². The van der Waals surface area contributed by atoms with Crippen LogP contribution in [0.2, 0.25) is 0 Å². The smallest absolute Gasteiger partial charge is 0.255 e. The van der Waals surface area contributed by atoms with Crippen LogP contribution in [0.5, 0.6) is 5.75 Å². The number of nitrogens with one attached hydrogen (secondary N) is 2. The van der Waals surface area contributed by atoms with Gasteiger partial charge in [0.15, 0.2) is 0 Å². The van der Waals surface area contributed by atoms with Gasteiger partial charge in [-0.15, -0.1) is 0 Å². The minimum absolute atomic E-state index is 0.0828. The van der Waals surface area contributed by atoms with Gasteiger partial charge in [-0.1, -0.05) is 28.9 Å². The summed E-state index contributed by atoms with van der Waals surface area (Å²) in [5.41, 5.74) is 1.94. The van der Waals surface area contributed by atoms with Crippen molar-refractivity contribution in [1.82, 2.24) is 20.2 Å². The Morgan fingerprint density at radius 3 is 2.65 bits per heavy atom. The van der Waals surface area contributed by atoms with Crippen LogP contribution in [-0.4, -0.2) is 37.6 Å². The van der Waals surface area contributed by atoms with E-state index in [2.05, 4.69) is 20.2 Å². The molecular formula is C21H24N4O5S. The number of hydrogen-bond acceptors (Lipinski definition) is 7. The van der Waals surface area contributed by atoms with Crippen LogP contribution in [0, 0.1) is 6.92 Å². The van der Waals surface area contributed by atoms with Gasteiger partial charge in [-0.2, -0.15) is 4.98 Å². The van der Waals surface area contributed by atoms with Gasteiger partial charge in [0.2, 0.25) is 21.7 Å². The number of amides is 1. The maximum absolute atomic E-state index is 12.8. The Morgan fingerprint density at radius 2 is 1.97 bits per heavy atom. The molecule has 2 aromatic carbocycles. The molecule has 31 heavy (non-hydrogen) atoms. The predicted molar refractivity (Wildman–Crippen MR) is 114 cm³/mol. The lowest BCUT2D eigenvalue weighted by atomic mass is 10.1. The predicted octanol–water partition coefficient (Wildman–Crippen LogP) is 2.67. The number of sulfonamides is 1. The van der Waals surface area contributed by atoms with E-state index in [1.165, 1.54) is 25.3 Å². The van der Waals surface area contributed by atoms with Crippen LogP contribution in [0.4, 0.5) is 0 Å². The van der Waals surface area contributed by atoms with Crippen molar-refractivity contribution >= 4 is 15.9 Å². The van der Waals surface area contributed by atoms with E-state index in [1.807, 2.05) is 45.0 Å². The molecule has 0 aliphatic carbocycles. The zero-order chi connectivity index (χ0) is 22.6. The maximum Gasteiger partial charge on any atom is 0.255 e. The van der Waals surface area contributed by atoms with Gasteiger partial charge in [0.25, 0.3) is 5.91 Å². The first-order chi connectivity index (χ1) is 14.7. The van der Waals surface area contributed by atoms with Crippen LogP contribution in [0.15, 0.2) is 51.9 Å². The number of rotatable bonds is 8. The van der Waals surface area contributed by atoms with Crippen molar-refractivity contribution in [3.8, 4) is 17.1 Å². The summed E-state index contributed by atoms with van der Waals surface area (Å²) in [5, 5.41) is 6.62. The topological polar surface area (TPSA) is 123 Å². The number of nitrogens with zero attached hydrogens (tertiary/aromatic N) is 2. The third-order valence-electron chi connectivity index (χ3n) is 4.30. The SMILES string of the molecule is COc1ccc(S(=O)(=O)NCc2nc(-c3cccc(C)c3)no2)cc1C(=O)NC(C)C. The summed E-state index contributed by atoms with van der Waals surface area (Å²) >= 11 is 0. The monoisotopic (exact) mass is 444 g/mol. The molecule has 1 amide bonds. The summed E-state index contributed by atoms with van der Waals surface area (Å²) < 4.78 is 38.3. The third-order valence-corrected chi connectivity index (χ3v) is 5.70. The number of benzene rings is 2. The molecule has 0 unspecified atom stereocenters. The number of carbonyl (C=O) groups excluding carboxylic acids is 1. The van der Waals surface area contributed by atoms with Crippen molar-refractivity contribution < 1.29 is 22.5 Å². The fraction of sp³-hybridized carbons (Fsp3) is 0.286. The van der Waals surface area contributed by atoms with Gasteiger partial charge in [0.1, 0.15) is 5.75 Å². The van der Waals surface area contributed by atoms with Gasteiger partial charge in [-0.05, 0) is 45.0 Å². The normalized spacial score (nSPS) is 11.5. The Balaban J connectivity index is 1.77. The molecule has 0 bridgehead atoms. The molecule has 3 rings (SSSR count). The Kier molecular flexibility index (Phi) is 6.71. The van der Waals surface area contributed by atoms with E-state index in [1.54, 1.807) is 0 Å². The third kappa shape index (κ3) is 5.47. The van der Waals surface area contributed by atoms with E-state index < -0.39 is 15.9 Å². The Hall–Kier alpha value is -3.24. The van der Waals surface area contributed by atoms with Crippen molar-refractivity contribution in [2.75, 3.05) is 7.11 Å². The maximum atomic E-state index is 12.8. The quantitative estimate of drug-likeness (QED) is 0.547. The second kappa shape index (κ2) is 9.27. The number of aromatic nitrogens is 2. The molecule has 0 saturated carbocycles. The zero-order valence-corrected chi connectivity index (χ0v) is 18.5. The number of ether oxygens (including phenoxy) is 1. The largest absolute Gasteiger partial charge is 0.496 e. The minimum Gasteiger partial charge on any atom is -0.496 e. The average Bonchev–Trinajstić information content (AvgIpc) is 3.20. The van der Waals surface area contributed by atoms with Gasteiger partial charge in [-0.3, -0.25) is 4.79 Å². The van der Waals surface area contributed by atoms with Crippen molar-refractivity contribution in [3.63, 3.8) is 0 Å². The van der Waals surface area contributed by atoms with E-state index in [4.69, 9.17) is 9.26 Å². The van der Waals surface area contributed by atoms with E-state index in [9.17, 15) is 13.2 Å². The van der Waals surface area contributed by atoms with Crippen molar-refractivity contribution in [2.24, 2.45) is 0 Å². The molecule has 3 aromatic rings. The van der Waals surface area contributed by atoms with Crippen LogP contribution >= 0.6 is 0 Å². The lowest BCUT2D eigenvalue weighted by Gasteiger charge is -2.13. The zero-order valence-electron chi connectivity index (χ0n) is 17.7. The minimum atomic E-state index is -3.94. The van der Waals surface area contributed by atoms with E-state index in [-0.39, 0.29) is 34.7 Å². The van der Waals surface area contributed by atoms with Crippen LogP contribution < -0.4 is 14.8 Å². The first-order valence-electron chi connectivity index (χ1n) is 9.58. The summed E-state index contributed by atoms with van der Waals surface area (Å²) in [6.45, 7) is 5.37. The molecule has 0 atom stereocenters. The first kappa shape index (κ1) is 22.4. The summed E-state index contributed by atoms with van der Waals surface area (Å²) in [6, 6.07) is 11.5. The molecule has 0 fully saturated rings. The molecule has 1 aromatic heterocycles. The molecule has 2 N–H and O–H groups in total. The molecule has 0 radical (unpaired) electrons. The molecule has 0 saturated heterocycles. The number of aryl methyl sites for hydroxylation is 1. The van der Waals surface area contributed by atoms with Gasteiger partial charge in [-0.25, -0.2) is 13.1 Å². The van der Waals surface area contributed by atoms with Crippen molar-refractivity contribution in [3.05, 3.63) is 59.5 Å². The Labute approximate surface area is 180 Å². The molecule has 0 spiro atoms. The number of methoxy groups -OCH3 is 1. The lowest BCUT2D eigenvalue weighted by Crippen LogP contribution is -2.31. The highest BCUT2D eigenvalue weighted by Gasteiger charge is 2.21. The molecule has 0 aliphatic rings. The molecule has 0 aliphatic heterocycles. The van der Waals surface area contributed by atoms with Crippen molar-refractivity contribution in [2.45, 2.75) is 38.3 Å². The van der Waals surface area contributed by atoms with Gasteiger partial charge < -0.3 is 14.6 Å². The molecular weight excluding hydrogens is 420 g/mol. The summed E-state index contributed by atoms with van der Waals surface area (Å²) in [7, 11) is -2.53. The number of carbonyl (C=O) groups is 1. The second-order valence-electron chi connectivity index (χ2n) is 7.20. The molecule has 164 valence electrons. The highest BCUT2D eigenvalue weighted by atomic mass is 32.2. The highest BCUT2D eigenvalue weighted by Crippen LogP contribution is 2.23. The van der Waals surface area contributed by atoms with E-state index in [0.29, 0.717) is 5.82 Å². The van der Waals surface area contributed by atoms with E-state index >= 15 is 0 Å². The standard InChI is InChI=1S/C21H24N4O5S/c1-13(2)23-21(26)17-11-16(8-9-18(17)29-4)31(27,28)22-12-19-24-20(25-30-19)15-7-5-6-14(3)10-15/h5-11,13,22H,12H2,1-4H3,(H,23,26).